The van der Waals surface area contributed by atoms with Crippen molar-refractivity contribution in [3.63, 3.8) is 0 Å². The molecule has 1 aromatic heterocycles. The zero-order valence-electron chi connectivity index (χ0n) is 13.6. The second kappa shape index (κ2) is 6.77. The van der Waals surface area contributed by atoms with E-state index in [0.29, 0.717) is 25.1 Å². The van der Waals surface area contributed by atoms with E-state index in [2.05, 4.69) is 16.5 Å². The summed E-state index contributed by atoms with van der Waals surface area (Å²) in [5.74, 6) is -1.30. The van der Waals surface area contributed by atoms with Crippen molar-refractivity contribution < 1.29 is 14.7 Å². The number of nitrogens with one attached hydrogen (secondary N) is 1. The minimum Gasteiger partial charge on any atom is -0.476 e. The van der Waals surface area contributed by atoms with Gasteiger partial charge >= 0.3 is 5.97 Å². The molecule has 1 aliphatic rings. The Bertz CT molecular complexity index is 844. The highest BCUT2D eigenvalue weighted by molar-refractivity contribution is 5.86. The van der Waals surface area contributed by atoms with Crippen molar-refractivity contribution in [1.82, 2.24) is 15.1 Å². The summed E-state index contributed by atoms with van der Waals surface area (Å²) in [7, 11) is 0. The molecule has 1 fully saturated rings. The largest absolute Gasteiger partial charge is 0.476 e. The molecule has 1 saturated carbocycles. The van der Waals surface area contributed by atoms with E-state index in [9.17, 15) is 14.9 Å². The Balaban J connectivity index is 1.70. The molecule has 0 bridgehead atoms. The van der Waals surface area contributed by atoms with Gasteiger partial charge in [0.25, 0.3) is 0 Å². The summed E-state index contributed by atoms with van der Waals surface area (Å²) in [6, 6.07) is 10.9. The van der Waals surface area contributed by atoms with E-state index < -0.39 is 11.4 Å². The first-order chi connectivity index (χ1) is 12.0. The highest BCUT2D eigenvalue weighted by Crippen LogP contribution is 2.37. The van der Waals surface area contributed by atoms with E-state index in [1.54, 1.807) is 12.3 Å². The van der Waals surface area contributed by atoms with E-state index in [0.717, 1.165) is 18.4 Å². The van der Waals surface area contributed by atoms with Crippen molar-refractivity contribution in [1.29, 1.82) is 5.26 Å². The van der Waals surface area contributed by atoms with Gasteiger partial charge in [0, 0.05) is 12.7 Å². The molecule has 0 saturated heterocycles. The summed E-state index contributed by atoms with van der Waals surface area (Å²) in [5, 5.41) is 25.1. The maximum Gasteiger partial charge on any atom is 0.356 e. The lowest BCUT2D eigenvalue weighted by atomic mass is 9.87. The molecule has 0 spiro atoms. The second-order valence-electron chi connectivity index (χ2n) is 6.20. The van der Waals surface area contributed by atoms with Crippen LogP contribution in [0.4, 0.5) is 0 Å². The second-order valence-corrected chi connectivity index (χ2v) is 6.20. The molecule has 0 atom stereocenters. The van der Waals surface area contributed by atoms with Crippen molar-refractivity contribution in [3.8, 4) is 11.8 Å². The SMILES string of the molecule is N#CC1(C(=O)NCc2cccc(-n3ccc(C(=O)O)n3)c2)CCCC1. The quantitative estimate of drug-likeness (QED) is 0.869. The number of hydrogen-bond acceptors (Lipinski definition) is 4. The zero-order valence-corrected chi connectivity index (χ0v) is 13.6. The van der Waals surface area contributed by atoms with Crippen LogP contribution in [0.5, 0.6) is 0 Å². The fraction of sp³-hybridized carbons (Fsp3) is 0.333. The minimum atomic E-state index is -1.08. The molecule has 3 rings (SSSR count). The van der Waals surface area contributed by atoms with Gasteiger partial charge in [-0.1, -0.05) is 25.0 Å². The van der Waals surface area contributed by atoms with Gasteiger partial charge in [-0.2, -0.15) is 10.4 Å². The van der Waals surface area contributed by atoms with Crippen LogP contribution in [0.2, 0.25) is 0 Å². The number of carboxylic acids is 1. The number of benzene rings is 1. The third-order valence-corrected chi connectivity index (χ3v) is 4.54. The fourth-order valence-electron chi connectivity index (χ4n) is 3.11. The molecule has 1 aromatic carbocycles. The fourth-order valence-corrected chi connectivity index (χ4v) is 3.11. The molecule has 2 N–H and O–H groups in total. The summed E-state index contributed by atoms with van der Waals surface area (Å²) < 4.78 is 1.47. The number of rotatable bonds is 5. The molecule has 1 aliphatic carbocycles. The highest BCUT2D eigenvalue weighted by atomic mass is 16.4. The molecule has 1 heterocycles. The van der Waals surface area contributed by atoms with Gasteiger partial charge in [-0.25, -0.2) is 9.48 Å². The van der Waals surface area contributed by atoms with E-state index in [-0.39, 0.29) is 11.6 Å². The lowest BCUT2D eigenvalue weighted by molar-refractivity contribution is -0.128. The molecule has 0 aliphatic heterocycles. The summed E-state index contributed by atoms with van der Waals surface area (Å²) in [5.41, 5.74) is 0.631. The van der Waals surface area contributed by atoms with Crippen LogP contribution in [-0.2, 0) is 11.3 Å². The maximum absolute atomic E-state index is 12.4. The Hall–Kier alpha value is -3.14. The van der Waals surface area contributed by atoms with Crippen LogP contribution in [0.25, 0.3) is 5.69 Å². The Kier molecular flexibility index (Phi) is 4.52. The van der Waals surface area contributed by atoms with Gasteiger partial charge in [-0.15, -0.1) is 0 Å². The van der Waals surface area contributed by atoms with Crippen molar-refractivity contribution in [2.75, 3.05) is 0 Å². The van der Waals surface area contributed by atoms with Gasteiger partial charge in [-0.3, -0.25) is 4.79 Å². The van der Waals surface area contributed by atoms with Crippen molar-refractivity contribution in [3.05, 3.63) is 47.8 Å². The smallest absolute Gasteiger partial charge is 0.356 e. The van der Waals surface area contributed by atoms with Crippen molar-refractivity contribution in [2.24, 2.45) is 5.41 Å². The van der Waals surface area contributed by atoms with Gasteiger partial charge < -0.3 is 10.4 Å². The average Bonchev–Trinajstić information content (AvgIpc) is 3.30. The van der Waals surface area contributed by atoms with Crippen LogP contribution >= 0.6 is 0 Å². The van der Waals surface area contributed by atoms with Crippen LogP contribution in [0.3, 0.4) is 0 Å². The molecular weight excluding hydrogens is 320 g/mol. The van der Waals surface area contributed by atoms with E-state index >= 15 is 0 Å². The monoisotopic (exact) mass is 338 g/mol. The molecule has 25 heavy (non-hydrogen) atoms. The van der Waals surface area contributed by atoms with Crippen LogP contribution in [-0.4, -0.2) is 26.8 Å². The van der Waals surface area contributed by atoms with Crippen LogP contribution < -0.4 is 5.32 Å². The predicted octanol–water partition coefficient (Wildman–Crippen LogP) is 2.27. The topological polar surface area (TPSA) is 108 Å². The number of carbonyl (C=O) groups excluding carboxylic acids is 1. The van der Waals surface area contributed by atoms with E-state index in [1.165, 1.54) is 10.7 Å². The predicted molar refractivity (Wildman–Crippen MR) is 88.9 cm³/mol. The minimum absolute atomic E-state index is 0.0316. The summed E-state index contributed by atoms with van der Waals surface area (Å²) in [4.78, 5) is 23.3. The average molecular weight is 338 g/mol. The summed E-state index contributed by atoms with van der Waals surface area (Å²) >= 11 is 0. The Labute approximate surface area is 144 Å². The Morgan fingerprint density at radius 2 is 2.08 bits per heavy atom. The van der Waals surface area contributed by atoms with Gasteiger partial charge in [-0.05, 0) is 36.6 Å². The first-order valence-electron chi connectivity index (χ1n) is 8.12. The molecule has 1 amide bonds. The first kappa shape index (κ1) is 16.7. The molecular formula is C18H18N4O3. The number of amides is 1. The summed E-state index contributed by atoms with van der Waals surface area (Å²) in [6.07, 6.45) is 4.61. The Morgan fingerprint density at radius 1 is 1.32 bits per heavy atom. The number of carbonyl (C=O) groups is 2. The molecule has 2 aromatic rings. The normalized spacial score (nSPS) is 15.5. The van der Waals surface area contributed by atoms with E-state index in [1.807, 2.05) is 18.2 Å². The molecule has 0 unspecified atom stereocenters. The van der Waals surface area contributed by atoms with Gasteiger partial charge in [0.05, 0.1) is 11.8 Å². The van der Waals surface area contributed by atoms with Crippen LogP contribution in [0.15, 0.2) is 36.5 Å². The lowest BCUT2D eigenvalue weighted by Crippen LogP contribution is -2.37. The number of aromatic carboxylic acids is 1. The van der Waals surface area contributed by atoms with E-state index in [4.69, 9.17) is 5.11 Å². The highest BCUT2D eigenvalue weighted by Gasteiger charge is 2.41. The number of aromatic nitrogens is 2. The number of hydrogen-bond donors (Lipinski definition) is 2. The van der Waals surface area contributed by atoms with Gasteiger partial charge in [0.2, 0.25) is 5.91 Å². The zero-order chi connectivity index (χ0) is 17.9. The van der Waals surface area contributed by atoms with Crippen LogP contribution in [0.1, 0.15) is 41.7 Å². The molecule has 7 heteroatoms. The molecule has 128 valence electrons. The first-order valence-corrected chi connectivity index (χ1v) is 8.12. The van der Waals surface area contributed by atoms with Gasteiger partial charge in [0.15, 0.2) is 5.69 Å². The van der Waals surface area contributed by atoms with Gasteiger partial charge in [0.1, 0.15) is 5.41 Å². The van der Waals surface area contributed by atoms with Crippen molar-refractivity contribution in [2.45, 2.75) is 32.2 Å². The standard InChI is InChI=1S/C18H18N4O3/c19-12-18(7-1-2-8-18)17(25)20-11-13-4-3-5-14(10-13)22-9-6-15(21-22)16(23)24/h3-6,9-10H,1-2,7-8,11H2,(H,20,25)(H,23,24). The van der Waals surface area contributed by atoms with Crippen LogP contribution in [0, 0.1) is 16.7 Å². The Morgan fingerprint density at radius 3 is 2.72 bits per heavy atom. The number of nitriles is 1. The molecule has 7 nitrogen and oxygen atoms in total. The number of nitrogens with zero attached hydrogens (tertiary/aromatic N) is 3. The summed E-state index contributed by atoms with van der Waals surface area (Å²) in [6.45, 7) is 0.309. The maximum atomic E-state index is 12.4. The number of carboxylic acid groups (broad SMARTS) is 1. The third kappa shape index (κ3) is 3.38. The van der Waals surface area contributed by atoms with Crippen molar-refractivity contribution >= 4 is 11.9 Å². The molecule has 0 radical (unpaired) electrons. The third-order valence-electron chi connectivity index (χ3n) is 4.54. The lowest BCUT2D eigenvalue weighted by Gasteiger charge is -2.19.